The van der Waals surface area contributed by atoms with E-state index in [4.69, 9.17) is 46.3 Å². The maximum atomic E-state index is 9.86. The monoisotopic (exact) mass is 497 g/mol. The Kier molecular flexibility index (Phi) is 74.9. The predicted molar refractivity (Wildman–Crippen MR) is 93.5 cm³/mol. The Morgan fingerprint density at radius 1 is 0.875 bits per heavy atom. The Morgan fingerprint density at radius 2 is 1.19 bits per heavy atom. The number of aliphatic hydroxyl groups excluding tert-OH is 1. The van der Waals surface area contributed by atoms with Gasteiger partial charge in [-0.25, -0.2) is 0 Å². The van der Waals surface area contributed by atoms with Crippen LogP contribution >= 0.6 is 0 Å². The van der Waals surface area contributed by atoms with Crippen molar-refractivity contribution < 1.29 is 143 Å². The fourth-order valence-corrected chi connectivity index (χ4v) is 0.697. The molecule has 0 aliphatic carbocycles. The Hall–Kier alpha value is 0.190. The van der Waals surface area contributed by atoms with E-state index in [9.17, 15) is 19.8 Å². The summed E-state index contributed by atoms with van der Waals surface area (Å²) < 4.78 is 0. The molecule has 1 unspecified atom stereocenters. The van der Waals surface area contributed by atoms with Gasteiger partial charge in [0.25, 0.3) is 11.9 Å². The molecule has 174 valence electrons. The van der Waals surface area contributed by atoms with Gasteiger partial charge in [0.15, 0.2) is 0 Å². The van der Waals surface area contributed by atoms with Crippen molar-refractivity contribution in [1.29, 1.82) is 0 Å². The summed E-state index contributed by atoms with van der Waals surface area (Å²) in [5.74, 6) is -5.50. The fourth-order valence-electron chi connectivity index (χ4n) is 0.697. The number of carboxylic acid groups (broad SMARTS) is 5. The third kappa shape index (κ3) is 148. The third-order valence-electron chi connectivity index (χ3n) is 1.57. The first kappa shape index (κ1) is 53.5. The zero-order valence-corrected chi connectivity index (χ0v) is 25.6. The number of aliphatic carboxylic acids is 5. The first-order valence-electron chi connectivity index (χ1n) is 7.90. The summed E-state index contributed by atoms with van der Waals surface area (Å²) in [6, 6.07) is -1.21. The van der Waals surface area contributed by atoms with Gasteiger partial charge in [-0.1, -0.05) is 0 Å². The number of nitrogens with two attached hydrogens (primary N) is 2. The van der Waals surface area contributed by atoms with Crippen molar-refractivity contribution in [3.63, 3.8) is 0 Å². The van der Waals surface area contributed by atoms with E-state index in [-0.39, 0.29) is 108 Å². The van der Waals surface area contributed by atoms with E-state index in [1.807, 2.05) is 0 Å². The molecular formula is C15H30N3Na3O11. The van der Waals surface area contributed by atoms with Crippen LogP contribution in [0.4, 0.5) is 0 Å². The van der Waals surface area contributed by atoms with Crippen LogP contribution in [-0.2, 0) is 24.0 Å². The van der Waals surface area contributed by atoms with Gasteiger partial charge < -0.3 is 61.8 Å². The molecule has 0 spiro atoms. The quantitative estimate of drug-likeness (QED) is 0.134. The van der Waals surface area contributed by atoms with Crippen LogP contribution in [0.15, 0.2) is 0 Å². The topological polar surface area (TPSA) is 279 Å². The second kappa shape index (κ2) is 44.8. The van der Waals surface area contributed by atoms with Gasteiger partial charge in [-0.3, -0.25) is 9.59 Å². The number of carboxylic acids is 5. The molecule has 0 aromatic heterocycles. The zero-order chi connectivity index (χ0) is 24.4. The summed E-state index contributed by atoms with van der Waals surface area (Å²) in [5, 5.41) is 54.4. The zero-order valence-electron chi connectivity index (χ0n) is 19.6. The van der Waals surface area contributed by atoms with Crippen LogP contribution in [0, 0.1) is 0 Å². The van der Waals surface area contributed by atoms with Gasteiger partial charge in [0.1, 0.15) is 0 Å². The third-order valence-corrected chi connectivity index (χ3v) is 1.57. The maximum absolute atomic E-state index is 9.86. The van der Waals surface area contributed by atoms with Crippen molar-refractivity contribution in [2.75, 3.05) is 26.2 Å². The first-order valence-corrected chi connectivity index (χ1v) is 7.90. The van der Waals surface area contributed by atoms with E-state index in [0.29, 0.717) is 13.1 Å². The number of carbonyl (C=O) groups is 5. The maximum Gasteiger partial charge on any atom is 1.00 e. The van der Waals surface area contributed by atoms with Crippen LogP contribution < -0.4 is 121 Å². The molecule has 1 atom stereocenters. The van der Waals surface area contributed by atoms with Crippen LogP contribution in [-0.4, -0.2) is 77.4 Å². The van der Waals surface area contributed by atoms with Gasteiger partial charge >= 0.3 is 88.7 Å². The summed E-state index contributed by atoms with van der Waals surface area (Å²) >= 11 is 0. The molecule has 0 aliphatic heterocycles. The molecule has 0 aliphatic rings. The number of nitrogens with one attached hydrogen (secondary N) is 1. The van der Waals surface area contributed by atoms with Gasteiger partial charge in [-0.2, -0.15) is 0 Å². The van der Waals surface area contributed by atoms with E-state index in [2.05, 4.69) is 5.32 Å². The van der Waals surface area contributed by atoms with E-state index < -0.39 is 35.9 Å². The van der Waals surface area contributed by atoms with Gasteiger partial charge in [-0.15, -0.1) is 0 Å². The minimum atomic E-state index is -1.44. The smallest absolute Gasteiger partial charge is 0.550 e. The molecule has 0 heterocycles. The molecule has 32 heavy (non-hydrogen) atoms. The summed E-state index contributed by atoms with van der Waals surface area (Å²) in [4.78, 5) is 46.5. The summed E-state index contributed by atoms with van der Waals surface area (Å²) in [6.45, 7) is 5.41. The van der Waals surface area contributed by atoms with Gasteiger partial charge in [0.2, 0.25) is 0 Å². The minimum Gasteiger partial charge on any atom is -0.550 e. The average Bonchev–Trinajstić information content (AvgIpc) is 2.52. The van der Waals surface area contributed by atoms with E-state index >= 15 is 0 Å². The van der Waals surface area contributed by atoms with Crippen LogP contribution in [0.1, 0.15) is 33.6 Å². The molecule has 0 radical (unpaired) electrons. The summed E-state index contributed by atoms with van der Waals surface area (Å²) in [7, 11) is 0. The van der Waals surface area contributed by atoms with Crippen LogP contribution in [0.2, 0.25) is 0 Å². The Balaban J connectivity index is -0.0000000388. The van der Waals surface area contributed by atoms with Crippen molar-refractivity contribution in [2.45, 2.75) is 39.7 Å². The van der Waals surface area contributed by atoms with Crippen LogP contribution in [0.3, 0.4) is 0 Å². The van der Waals surface area contributed by atoms with Crippen LogP contribution in [0.5, 0.6) is 0 Å². The molecule has 8 N–H and O–H groups in total. The van der Waals surface area contributed by atoms with Crippen molar-refractivity contribution in [2.24, 2.45) is 11.5 Å². The van der Waals surface area contributed by atoms with E-state index in [1.165, 1.54) is 0 Å². The first-order chi connectivity index (χ1) is 13.1. The molecular weight excluding hydrogens is 467 g/mol. The van der Waals surface area contributed by atoms with E-state index in [0.717, 1.165) is 27.3 Å². The summed E-state index contributed by atoms with van der Waals surface area (Å²) in [6.07, 6.45) is -0.500. The molecule has 0 amide bonds. The number of aliphatic hydroxyl groups is 1. The average molecular weight is 497 g/mol. The van der Waals surface area contributed by atoms with Gasteiger partial charge in [-0.05, 0) is 19.8 Å². The number of hydrogen-bond donors (Lipinski definition) is 6. The minimum absolute atomic E-state index is 0. The molecule has 0 bridgehead atoms. The van der Waals surface area contributed by atoms with Gasteiger partial charge in [0, 0.05) is 51.5 Å². The SMILES string of the molecule is CC(=O)O.CC(=O)O.CC(=O)[O-].NC(CCC(=O)[O-])C(=O)[O-].NCCNCCO.[Na+].[Na+].[Na+]. The molecule has 0 saturated carbocycles. The molecule has 0 aromatic rings. The fraction of sp³-hybridized carbons (Fsp3) is 0.667. The largest absolute Gasteiger partial charge is 1.00 e. The summed E-state index contributed by atoms with van der Waals surface area (Å²) in [5.41, 5.74) is 10.0. The number of rotatable bonds is 8. The van der Waals surface area contributed by atoms with Crippen LogP contribution in [0.25, 0.3) is 0 Å². The molecule has 17 heteroatoms. The second-order valence-electron chi connectivity index (χ2n) is 4.63. The Morgan fingerprint density at radius 3 is 1.38 bits per heavy atom. The molecule has 0 aromatic carbocycles. The van der Waals surface area contributed by atoms with Crippen molar-refractivity contribution in [3.8, 4) is 0 Å². The molecule has 0 rings (SSSR count). The molecule has 0 saturated heterocycles. The predicted octanol–water partition coefficient (Wildman–Crippen LogP) is -14.9. The Bertz CT molecular complexity index is 415. The molecule has 0 fully saturated rings. The standard InChI is InChI=1S/C5H9NO4.C4H12N2O.3C2H4O2.3Na/c6-3(5(9)10)1-2-4(7)8;5-1-2-6-3-4-7;3*1-2(3)4;;;/h3H,1-2,6H2,(H,7,8)(H,9,10);6-7H,1-5H2;3*1H3,(H,3,4);;;/q;;;;;3*+1/p-3. The van der Waals surface area contributed by atoms with Gasteiger partial charge in [0.05, 0.1) is 12.6 Å². The second-order valence-corrected chi connectivity index (χ2v) is 4.63. The van der Waals surface area contributed by atoms with E-state index in [1.54, 1.807) is 0 Å². The molecule has 14 nitrogen and oxygen atoms in total. The van der Waals surface area contributed by atoms with Crippen molar-refractivity contribution in [1.82, 2.24) is 5.32 Å². The van der Waals surface area contributed by atoms with Crippen molar-refractivity contribution in [3.05, 3.63) is 0 Å². The Labute approximate surface area is 253 Å². The normalized spacial score (nSPS) is 8.31. The van der Waals surface area contributed by atoms with Crippen molar-refractivity contribution >= 4 is 29.8 Å². The number of hydrogen-bond acceptors (Lipinski definition) is 12. The number of carbonyl (C=O) groups excluding carboxylic acids is 3.